The smallest absolute Gasteiger partial charge is 0.179 e. The molecule has 1 saturated carbocycles. The van der Waals surface area contributed by atoms with Crippen molar-refractivity contribution >= 4 is 11.5 Å². The molecule has 128 valence electrons. The molecule has 1 aromatic carbocycles. The zero-order valence-corrected chi connectivity index (χ0v) is 14.4. The number of nitrogen functional groups attached to an aromatic ring is 1. The van der Waals surface area contributed by atoms with Gasteiger partial charge in [-0.25, -0.2) is 0 Å². The van der Waals surface area contributed by atoms with Crippen LogP contribution in [-0.2, 0) is 0 Å². The van der Waals surface area contributed by atoms with Crippen LogP contribution in [0.25, 0.3) is 0 Å². The summed E-state index contributed by atoms with van der Waals surface area (Å²) in [7, 11) is 0. The van der Waals surface area contributed by atoms with Crippen LogP contribution in [0, 0.1) is 0 Å². The molecule has 1 atom stereocenters. The number of carbonyl (C=O) groups excluding carboxylic acids is 1. The first-order valence-electron chi connectivity index (χ1n) is 8.98. The fourth-order valence-electron chi connectivity index (χ4n) is 3.30. The maximum Gasteiger partial charge on any atom is 0.179 e. The van der Waals surface area contributed by atoms with Crippen LogP contribution in [0.15, 0.2) is 18.2 Å². The molecule has 0 spiro atoms. The van der Waals surface area contributed by atoms with Crippen molar-refractivity contribution in [1.29, 1.82) is 0 Å². The normalized spacial score (nSPS) is 17.5. The quantitative estimate of drug-likeness (QED) is 0.454. The summed E-state index contributed by atoms with van der Waals surface area (Å²) in [6.45, 7) is 4.55. The first kappa shape index (κ1) is 17.8. The highest BCUT2D eigenvalue weighted by molar-refractivity contribution is 6.01. The predicted octanol–water partition coefficient (Wildman–Crippen LogP) is 3.94. The number of anilines is 1. The fourth-order valence-corrected chi connectivity index (χ4v) is 3.30. The van der Waals surface area contributed by atoms with Crippen molar-refractivity contribution in [1.82, 2.24) is 5.32 Å². The van der Waals surface area contributed by atoms with Gasteiger partial charge in [-0.15, -0.1) is 0 Å². The minimum atomic E-state index is -0.129. The van der Waals surface area contributed by atoms with Crippen molar-refractivity contribution in [2.45, 2.75) is 70.9 Å². The Bertz CT molecular complexity index is 508. The third kappa shape index (κ3) is 4.96. The first-order valence-corrected chi connectivity index (χ1v) is 8.98. The number of ether oxygens (including phenoxy) is 1. The molecule has 1 aromatic rings. The van der Waals surface area contributed by atoms with Crippen molar-refractivity contribution in [2.24, 2.45) is 0 Å². The van der Waals surface area contributed by atoms with Gasteiger partial charge in [0.25, 0.3) is 0 Å². The molecule has 4 nitrogen and oxygen atoms in total. The number of Topliss-reactive ketones (excluding diaryl/α,β-unsaturated/α-hetero) is 1. The summed E-state index contributed by atoms with van der Waals surface area (Å²) in [6, 6.07) is 5.69. The summed E-state index contributed by atoms with van der Waals surface area (Å²) in [5.41, 5.74) is 7.19. The van der Waals surface area contributed by atoms with Gasteiger partial charge in [0.2, 0.25) is 0 Å². The summed E-state index contributed by atoms with van der Waals surface area (Å²) < 4.78 is 5.44. The van der Waals surface area contributed by atoms with Gasteiger partial charge in [0, 0.05) is 11.6 Å². The SMILES string of the molecule is CCOc1ccc(C(=O)C(CC)NC2CCCCCC2)cc1N. The van der Waals surface area contributed by atoms with Crippen LogP contribution in [0.2, 0.25) is 0 Å². The molecule has 0 radical (unpaired) electrons. The standard InChI is InChI=1S/C19H30N2O2/c1-3-17(21-15-9-7-5-6-8-10-15)19(22)14-11-12-18(23-4-2)16(20)13-14/h11-13,15,17,21H,3-10,20H2,1-2H3. The molecule has 23 heavy (non-hydrogen) atoms. The summed E-state index contributed by atoms with van der Waals surface area (Å²) >= 11 is 0. The van der Waals surface area contributed by atoms with Gasteiger partial charge in [-0.1, -0.05) is 32.6 Å². The van der Waals surface area contributed by atoms with Gasteiger partial charge in [0.05, 0.1) is 18.3 Å². The topological polar surface area (TPSA) is 64.3 Å². The summed E-state index contributed by atoms with van der Waals surface area (Å²) in [5, 5.41) is 3.58. The molecule has 0 heterocycles. The number of benzene rings is 1. The lowest BCUT2D eigenvalue weighted by atomic mass is 9.99. The lowest BCUT2D eigenvalue weighted by Gasteiger charge is -2.23. The second kappa shape index (κ2) is 8.92. The lowest BCUT2D eigenvalue weighted by Crippen LogP contribution is -2.42. The van der Waals surface area contributed by atoms with Gasteiger partial charge in [-0.05, 0) is 44.4 Å². The van der Waals surface area contributed by atoms with E-state index in [4.69, 9.17) is 10.5 Å². The van der Waals surface area contributed by atoms with Crippen LogP contribution in [-0.4, -0.2) is 24.5 Å². The second-order valence-corrected chi connectivity index (χ2v) is 6.37. The molecule has 3 N–H and O–H groups in total. The first-order chi connectivity index (χ1) is 11.2. The van der Waals surface area contributed by atoms with Gasteiger partial charge < -0.3 is 15.8 Å². The van der Waals surface area contributed by atoms with Crippen molar-refractivity contribution in [3.63, 3.8) is 0 Å². The molecule has 0 amide bonds. The van der Waals surface area contributed by atoms with Crippen molar-refractivity contribution < 1.29 is 9.53 Å². The highest BCUT2D eigenvalue weighted by Crippen LogP contribution is 2.24. The zero-order valence-electron chi connectivity index (χ0n) is 14.4. The fraction of sp³-hybridized carbons (Fsp3) is 0.632. The van der Waals surface area contributed by atoms with Crippen LogP contribution in [0.5, 0.6) is 5.75 Å². The van der Waals surface area contributed by atoms with E-state index in [1.165, 1.54) is 38.5 Å². The van der Waals surface area contributed by atoms with Crippen molar-refractivity contribution in [2.75, 3.05) is 12.3 Å². The van der Waals surface area contributed by atoms with E-state index in [9.17, 15) is 4.79 Å². The average molecular weight is 318 g/mol. The van der Waals surface area contributed by atoms with Gasteiger partial charge in [-0.3, -0.25) is 4.79 Å². The van der Waals surface area contributed by atoms with E-state index in [0.717, 1.165) is 6.42 Å². The van der Waals surface area contributed by atoms with Crippen LogP contribution in [0.3, 0.4) is 0 Å². The molecular formula is C19H30N2O2. The van der Waals surface area contributed by atoms with Gasteiger partial charge >= 0.3 is 0 Å². The molecule has 1 fully saturated rings. The van der Waals surface area contributed by atoms with E-state index < -0.39 is 0 Å². The molecule has 0 aliphatic heterocycles. The van der Waals surface area contributed by atoms with Crippen molar-refractivity contribution in [3.05, 3.63) is 23.8 Å². The number of carbonyl (C=O) groups is 1. The number of hydrogen-bond acceptors (Lipinski definition) is 4. The molecule has 0 saturated heterocycles. The van der Waals surface area contributed by atoms with E-state index in [1.54, 1.807) is 12.1 Å². The van der Waals surface area contributed by atoms with Gasteiger partial charge in [0.1, 0.15) is 5.75 Å². The van der Waals surface area contributed by atoms with Crippen LogP contribution < -0.4 is 15.8 Å². The molecule has 4 heteroatoms. The monoisotopic (exact) mass is 318 g/mol. The number of hydrogen-bond donors (Lipinski definition) is 2. The molecule has 0 aromatic heterocycles. The second-order valence-electron chi connectivity index (χ2n) is 6.37. The van der Waals surface area contributed by atoms with E-state index >= 15 is 0 Å². The van der Waals surface area contributed by atoms with Gasteiger partial charge in [-0.2, -0.15) is 0 Å². The summed E-state index contributed by atoms with van der Waals surface area (Å²) in [6.07, 6.45) is 8.31. The molecule has 0 bridgehead atoms. The zero-order chi connectivity index (χ0) is 16.7. The average Bonchev–Trinajstić information content (AvgIpc) is 2.82. The Kier molecular flexibility index (Phi) is 6.90. The largest absolute Gasteiger partial charge is 0.492 e. The molecular weight excluding hydrogens is 288 g/mol. The van der Waals surface area contributed by atoms with Crippen LogP contribution in [0.4, 0.5) is 5.69 Å². The minimum absolute atomic E-state index is 0.129. The maximum atomic E-state index is 12.8. The summed E-state index contributed by atoms with van der Waals surface area (Å²) in [4.78, 5) is 12.8. The van der Waals surface area contributed by atoms with Crippen molar-refractivity contribution in [3.8, 4) is 5.75 Å². The number of nitrogens with two attached hydrogens (primary N) is 1. The number of nitrogens with one attached hydrogen (secondary N) is 1. The third-order valence-electron chi connectivity index (χ3n) is 4.61. The van der Waals surface area contributed by atoms with E-state index in [1.807, 2.05) is 13.0 Å². The Labute approximate surface area is 139 Å². The highest BCUT2D eigenvalue weighted by atomic mass is 16.5. The van der Waals surface area contributed by atoms with E-state index in [2.05, 4.69) is 12.2 Å². The van der Waals surface area contributed by atoms with E-state index in [0.29, 0.717) is 29.6 Å². The Morgan fingerprint density at radius 2 is 1.96 bits per heavy atom. The lowest BCUT2D eigenvalue weighted by molar-refractivity contribution is 0.0931. The molecule has 2 rings (SSSR count). The Balaban J connectivity index is 2.05. The third-order valence-corrected chi connectivity index (χ3v) is 4.61. The maximum absolute atomic E-state index is 12.8. The Morgan fingerprint density at radius 3 is 2.52 bits per heavy atom. The van der Waals surface area contributed by atoms with Crippen LogP contribution in [0.1, 0.15) is 69.2 Å². The number of rotatable bonds is 7. The predicted molar refractivity (Wildman–Crippen MR) is 95.1 cm³/mol. The van der Waals surface area contributed by atoms with E-state index in [-0.39, 0.29) is 11.8 Å². The summed E-state index contributed by atoms with van der Waals surface area (Å²) in [5.74, 6) is 0.778. The molecule has 1 aliphatic rings. The Morgan fingerprint density at radius 1 is 1.26 bits per heavy atom. The van der Waals surface area contributed by atoms with Gasteiger partial charge in [0.15, 0.2) is 5.78 Å². The molecule has 1 aliphatic carbocycles. The number of ketones is 1. The Hall–Kier alpha value is -1.55. The highest BCUT2D eigenvalue weighted by Gasteiger charge is 2.23. The minimum Gasteiger partial charge on any atom is -0.492 e. The van der Waals surface area contributed by atoms with Crippen LogP contribution >= 0.6 is 0 Å². The molecule has 1 unspecified atom stereocenters.